The minimum absolute atomic E-state index is 0.141. The van der Waals surface area contributed by atoms with Gasteiger partial charge in [-0.05, 0) is 56.7 Å². The van der Waals surface area contributed by atoms with Crippen LogP contribution >= 0.6 is 50.1 Å². The molecule has 8 heteroatoms. The van der Waals surface area contributed by atoms with E-state index in [9.17, 15) is 8.42 Å². The molecule has 1 aromatic carbocycles. The van der Waals surface area contributed by atoms with Gasteiger partial charge in [-0.25, -0.2) is 17.4 Å². The molecular formula is C13H7BrClIN2O2S. The van der Waals surface area contributed by atoms with Crippen LogP contribution in [0, 0.1) is 3.57 Å². The van der Waals surface area contributed by atoms with Crippen LogP contribution in [0.5, 0.6) is 0 Å². The second-order valence-corrected chi connectivity index (χ2v) is 8.37. The first-order chi connectivity index (χ1) is 9.91. The number of benzene rings is 1. The lowest BCUT2D eigenvalue weighted by molar-refractivity contribution is 0.589. The van der Waals surface area contributed by atoms with Gasteiger partial charge in [0.15, 0.2) is 5.15 Å². The third kappa shape index (κ3) is 2.60. The van der Waals surface area contributed by atoms with Crippen LogP contribution in [0.25, 0.3) is 10.9 Å². The van der Waals surface area contributed by atoms with Crippen molar-refractivity contribution in [2.75, 3.05) is 0 Å². The van der Waals surface area contributed by atoms with Gasteiger partial charge >= 0.3 is 0 Å². The van der Waals surface area contributed by atoms with Crippen molar-refractivity contribution >= 4 is 71.0 Å². The number of pyridine rings is 1. The predicted molar refractivity (Wildman–Crippen MR) is 94.2 cm³/mol. The lowest BCUT2D eigenvalue weighted by atomic mass is 10.3. The van der Waals surface area contributed by atoms with Crippen LogP contribution in [0.3, 0.4) is 0 Å². The average Bonchev–Trinajstić information content (AvgIpc) is 2.78. The molecule has 0 aliphatic rings. The number of nitrogens with zero attached hydrogens (tertiary/aromatic N) is 2. The molecular weight excluding hydrogens is 490 g/mol. The lowest BCUT2D eigenvalue weighted by Crippen LogP contribution is -2.12. The van der Waals surface area contributed by atoms with E-state index in [1.807, 2.05) is 0 Å². The van der Waals surface area contributed by atoms with Crippen molar-refractivity contribution < 1.29 is 8.42 Å². The first-order valence-electron chi connectivity index (χ1n) is 5.74. The van der Waals surface area contributed by atoms with Crippen molar-refractivity contribution in [3.05, 3.63) is 55.9 Å². The smallest absolute Gasteiger partial charge is 0.237 e. The molecule has 108 valence electrons. The number of hydrogen-bond donors (Lipinski definition) is 0. The third-order valence-corrected chi connectivity index (χ3v) is 6.13. The molecule has 0 radical (unpaired) electrons. The number of rotatable bonds is 2. The Balaban J connectivity index is 2.37. The van der Waals surface area contributed by atoms with E-state index in [0.29, 0.717) is 10.1 Å². The highest BCUT2D eigenvalue weighted by Gasteiger charge is 2.23. The van der Waals surface area contributed by atoms with Crippen molar-refractivity contribution in [2.24, 2.45) is 0 Å². The van der Waals surface area contributed by atoms with Crippen LogP contribution in [0.4, 0.5) is 0 Å². The molecule has 21 heavy (non-hydrogen) atoms. The Morgan fingerprint density at radius 3 is 2.57 bits per heavy atom. The molecule has 0 amide bonds. The highest BCUT2D eigenvalue weighted by molar-refractivity contribution is 14.1. The largest absolute Gasteiger partial charge is 0.268 e. The van der Waals surface area contributed by atoms with Crippen molar-refractivity contribution in [1.29, 1.82) is 0 Å². The Morgan fingerprint density at radius 1 is 1.24 bits per heavy atom. The Morgan fingerprint density at radius 2 is 1.90 bits per heavy atom. The minimum atomic E-state index is -3.71. The first-order valence-corrected chi connectivity index (χ1v) is 9.43. The molecule has 0 atom stereocenters. The van der Waals surface area contributed by atoms with Gasteiger partial charge in [0.05, 0.1) is 4.90 Å². The fourth-order valence-electron chi connectivity index (χ4n) is 2.00. The van der Waals surface area contributed by atoms with E-state index in [4.69, 9.17) is 11.6 Å². The maximum Gasteiger partial charge on any atom is 0.268 e. The molecule has 0 N–H and O–H groups in total. The molecule has 0 aliphatic heterocycles. The maximum atomic E-state index is 12.8. The van der Waals surface area contributed by atoms with Gasteiger partial charge in [0.25, 0.3) is 10.0 Å². The van der Waals surface area contributed by atoms with Gasteiger partial charge < -0.3 is 0 Å². The number of fused-ring (bicyclic) bond motifs is 1. The van der Waals surface area contributed by atoms with Gasteiger partial charge in [0, 0.05) is 15.2 Å². The quantitative estimate of drug-likeness (QED) is 0.392. The molecule has 3 aromatic rings. The molecule has 0 bridgehead atoms. The summed E-state index contributed by atoms with van der Waals surface area (Å²) in [5, 5.41) is 0.878. The zero-order valence-corrected chi connectivity index (χ0v) is 15.6. The summed E-state index contributed by atoms with van der Waals surface area (Å²) >= 11 is 11.5. The van der Waals surface area contributed by atoms with Crippen molar-refractivity contribution in [2.45, 2.75) is 4.90 Å². The molecule has 2 aromatic heterocycles. The molecule has 4 nitrogen and oxygen atoms in total. The summed E-state index contributed by atoms with van der Waals surface area (Å²) < 4.78 is 28.0. The third-order valence-electron chi connectivity index (χ3n) is 2.93. The topological polar surface area (TPSA) is 52.0 Å². The number of hydrogen-bond acceptors (Lipinski definition) is 3. The Hall–Kier alpha value is -0.640. The van der Waals surface area contributed by atoms with Gasteiger partial charge in [-0.3, -0.25) is 0 Å². The maximum absolute atomic E-state index is 12.8. The summed E-state index contributed by atoms with van der Waals surface area (Å²) in [5.74, 6) is 0. The van der Waals surface area contributed by atoms with E-state index in [1.165, 1.54) is 3.97 Å². The van der Waals surface area contributed by atoms with E-state index in [-0.39, 0.29) is 10.0 Å². The van der Waals surface area contributed by atoms with Crippen LogP contribution in [0.2, 0.25) is 5.15 Å². The summed E-state index contributed by atoms with van der Waals surface area (Å²) in [4.78, 5) is 4.28. The SMILES string of the molecule is O=S(=O)(c1ccccc1)n1cc(I)c2cc(Br)nc(Cl)c21. The summed E-state index contributed by atoms with van der Waals surface area (Å²) in [6, 6.07) is 9.98. The molecule has 0 spiro atoms. The summed E-state index contributed by atoms with van der Waals surface area (Å²) in [6.07, 6.45) is 1.55. The van der Waals surface area contributed by atoms with Gasteiger partial charge in [0.2, 0.25) is 0 Å². The summed E-state index contributed by atoms with van der Waals surface area (Å²) in [6.45, 7) is 0. The summed E-state index contributed by atoms with van der Waals surface area (Å²) in [7, 11) is -3.71. The molecule has 2 heterocycles. The Bertz CT molecular complexity index is 942. The molecule has 0 saturated heterocycles. The van der Waals surface area contributed by atoms with Gasteiger partial charge in [-0.1, -0.05) is 29.8 Å². The van der Waals surface area contributed by atoms with E-state index in [2.05, 4.69) is 43.5 Å². The van der Waals surface area contributed by atoms with Crippen LogP contribution in [0.1, 0.15) is 0 Å². The van der Waals surface area contributed by atoms with Crippen molar-refractivity contribution in [3.63, 3.8) is 0 Å². The lowest BCUT2D eigenvalue weighted by Gasteiger charge is -2.08. The monoisotopic (exact) mass is 496 g/mol. The zero-order valence-electron chi connectivity index (χ0n) is 10.3. The fraction of sp³-hybridized carbons (Fsp3) is 0. The highest BCUT2D eigenvalue weighted by Crippen LogP contribution is 2.32. The van der Waals surface area contributed by atoms with E-state index in [0.717, 1.165) is 8.96 Å². The van der Waals surface area contributed by atoms with E-state index < -0.39 is 10.0 Å². The summed E-state index contributed by atoms with van der Waals surface area (Å²) in [5.41, 5.74) is 0.383. The van der Waals surface area contributed by atoms with Crippen molar-refractivity contribution in [3.8, 4) is 0 Å². The van der Waals surface area contributed by atoms with Gasteiger partial charge in [-0.2, -0.15) is 0 Å². The van der Waals surface area contributed by atoms with Crippen LogP contribution in [0.15, 0.2) is 52.1 Å². The minimum Gasteiger partial charge on any atom is -0.237 e. The van der Waals surface area contributed by atoms with Gasteiger partial charge in [-0.15, -0.1) is 0 Å². The van der Waals surface area contributed by atoms with Crippen LogP contribution < -0.4 is 0 Å². The number of aromatic nitrogens is 2. The Labute approximate surface area is 148 Å². The molecule has 0 fully saturated rings. The first kappa shape index (κ1) is 15.3. The second-order valence-electron chi connectivity index (χ2n) is 4.22. The van der Waals surface area contributed by atoms with E-state index in [1.54, 1.807) is 42.6 Å². The van der Waals surface area contributed by atoms with Gasteiger partial charge in [0.1, 0.15) is 10.1 Å². The normalized spacial score (nSPS) is 12.0. The molecule has 3 rings (SSSR count). The zero-order chi connectivity index (χ0) is 15.2. The molecule has 0 unspecified atom stereocenters. The molecule has 0 aliphatic carbocycles. The predicted octanol–water partition coefficient (Wildman–Crippen LogP) is 4.29. The fourth-order valence-corrected chi connectivity index (χ4v) is 5.12. The van der Waals surface area contributed by atoms with Crippen LogP contribution in [-0.2, 0) is 10.0 Å². The Kier molecular flexibility index (Phi) is 4.02. The number of halogens is 3. The second kappa shape index (κ2) is 5.53. The van der Waals surface area contributed by atoms with Crippen LogP contribution in [-0.4, -0.2) is 17.4 Å². The highest BCUT2D eigenvalue weighted by atomic mass is 127. The molecule has 0 saturated carbocycles. The average molecular weight is 498 g/mol. The van der Waals surface area contributed by atoms with Crippen molar-refractivity contribution in [1.82, 2.24) is 8.96 Å². The van der Waals surface area contributed by atoms with E-state index >= 15 is 0 Å². The standard InChI is InChI=1S/C13H7BrClIN2O2S/c14-11-6-9-10(16)7-18(12(9)13(15)17-11)21(19,20)8-4-2-1-3-5-8/h1-7H.